The van der Waals surface area contributed by atoms with Crippen LogP contribution < -0.4 is 5.32 Å². The molecule has 2 heterocycles. The monoisotopic (exact) mass is 358 g/mol. The number of pyridine rings is 1. The molecule has 0 fully saturated rings. The second-order valence-electron chi connectivity index (χ2n) is 5.99. The number of aryl methyl sites for hydroxylation is 1. The van der Waals surface area contributed by atoms with Crippen molar-refractivity contribution in [3.8, 4) is 11.4 Å². The summed E-state index contributed by atoms with van der Waals surface area (Å²) in [5, 5.41) is 7.64. The minimum Gasteiger partial charge on any atom is -0.355 e. The standard InChI is InChI=1S/C18H22N4O2S/c1-13-21-17(22-24-13)15-8-5-10-20-18(15)25-12-16(23)19-11-9-14-6-3-2-4-7-14/h5-6,8,10H,2-4,7,9,11-12H2,1H3,(H,19,23). The molecule has 2 aromatic rings. The first-order valence-corrected chi connectivity index (χ1v) is 9.54. The van der Waals surface area contributed by atoms with Crippen LogP contribution in [0.2, 0.25) is 0 Å². The first-order chi connectivity index (χ1) is 12.2. The Bertz CT molecular complexity index is 757. The summed E-state index contributed by atoms with van der Waals surface area (Å²) in [5.41, 5.74) is 2.25. The van der Waals surface area contributed by atoms with Crippen LogP contribution in [0.1, 0.15) is 38.0 Å². The van der Waals surface area contributed by atoms with E-state index >= 15 is 0 Å². The van der Waals surface area contributed by atoms with Gasteiger partial charge in [-0.15, -0.1) is 0 Å². The molecule has 1 N–H and O–H groups in total. The summed E-state index contributed by atoms with van der Waals surface area (Å²) in [6.07, 6.45) is 9.88. The molecule has 7 heteroatoms. The molecule has 2 aromatic heterocycles. The minimum absolute atomic E-state index is 0.0160. The molecule has 0 bridgehead atoms. The van der Waals surface area contributed by atoms with Crippen molar-refractivity contribution in [1.82, 2.24) is 20.4 Å². The van der Waals surface area contributed by atoms with E-state index in [1.54, 1.807) is 13.1 Å². The fourth-order valence-electron chi connectivity index (χ4n) is 2.76. The molecule has 0 saturated carbocycles. The molecule has 1 aliphatic carbocycles. The molecule has 0 atom stereocenters. The fraction of sp³-hybridized carbons (Fsp3) is 0.444. The van der Waals surface area contributed by atoms with E-state index in [-0.39, 0.29) is 5.91 Å². The third-order valence-corrected chi connectivity index (χ3v) is 5.04. The summed E-state index contributed by atoms with van der Waals surface area (Å²) in [5.74, 6) is 1.34. The van der Waals surface area contributed by atoms with Gasteiger partial charge in [-0.05, 0) is 44.2 Å². The van der Waals surface area contributed by atoms with Gasteiger partial charge >= 0.3 is 0 Å². The van der Waals surface area contributed by atoms with Gasteiger partial charge in [0.2, 0.25) is 17.6 Å². The summed E-state index contributed by atoms with van der Waals surface area (Å²) in [6.45, 7) is 2.44. The van der Waals surface area contributed by atoms with Crippen molar-refractivity contribution < 1.29 is 9.32 Å². The lowest BCUT2D eigenvalue weighted by molar-refractivity contribution is -0.118. The van der Waals surface area contributed by atoms with E-state index in [0.29, 0.717) is 24.0 Å². The van der Waals surface area contributed by atoms with E-state index in [2.05, 4.69) is 26.5 Å². The predicted octanol–water partition coefficient (Wildman–Crippen LogP) is 3.54. The number of allylic oxidation sites excluding steroid dienone is 1. The van der Waals surface area contributed by atoms with Gasteiger partial charge in [0.1, 0.15) is 5.03 Å². The highest BCUT2D eigenvalue weighted by molar-refractivity contribution is 8.00. The number of aromatic nitrogens is 3. The van der Waals surface area contributed by atoms with Crippen molar-refractivity contribution in [3.05, 3.63) is 35.9 Å². The van der Waals surface area contributed by atoms with E-state index < -0.39 is 0 Å². The quantitative estimate of drug-likeness (QED) is 0.602. The Labute approximate surface area is 151 Å². The van der Waals surface area contributed by atoms with Crippen LogP contribution in [-0.4, -0.2) is 33.3 Å². The number of nitrogens with zero attached hydrogens (tertiary/aromatic N) is 3. The van der Waals surface area contributed by atoms with Gasteiger partial charge in [-0.1, -0.05) is 28.6 Å². The van der Waals surface area contributed by atoms with E-state index in [4.69, 9.17) is 4.52 Å². The van der Waals surface area contributed by atoms with Gasteiger partial charge in [-0.25, -0.2) is 4.98 Å². The summed E-state index contributed by atoms with van der Waals surface area (Å²) in [6, 6.07) is 3.70. The van der Waals surface area contributed by atoms with Crippen LogP contribution in [0, 0.1) is 6.92 Å². The Hall–Kier alpha value is -2.15. The number of nitrogens with one attached hydrogen (secondary N) is 1. The third kappa shape index (κ3) is 5.16. The van der Waals surface area contributed by atoms with Gasteiger partial charge in [-0.2, -0.15) is 4.98 Å². The lowest BCUT2D eigenvalue weighted by Gasteiger charge is -2.13. The van der Waals surface area contributed by atoms with Gasteiger partial charge in [0.05, 0.1) is 11.3 Å². The number of carbonyl (C=O) groups excluding carboxylic acids is 1. The molecule has 1 amide bonds. The minimum atomic E-state index is 0.0160. The molecule has 1 aliphatic rings. The largest absolute Gasteiger partial charge is 0.355 e. The van der Waals surface area contributed by atoms with Crippen molar-refractivity contribution in [2.45, 2.75) is 44.1 Å². The zero-order valence-corrected chi connectivity index (χ0v) is 15.1. The molecular weight excluding hydrogens is 336 g/mol. The van der Waals surface area contributed by atoms with Crippen molar-refractivity contribution in [2.75, 3.05) is 12.3 Å². The Kier molecular flexibility index (Phi) is 6.22. The van der Waals surface area contributed by atoms with Crippen LogP contribution in [0.15, 0.2) is 39.5 Å². The third-order valence-electron chi connectivity index (χ3n) is 4.03. The number of carbonyl (C=O) groups is 1. The molecule has 0 unspecified atom stereocenters. The van der Waals surface area contributed by atoms with Gasteiger partial charge in [0.25, 0.3) is 0 Å². The highest BCUT2D eigenvalue weighted by Gasteiger charge is 2.14. The van der Waals surface area contributed by atoms with E-state index in [0.717, 1.165) is 17.0 Å². The van der Waals surface area contributed by atoms with E-state index in [1.807, 2.05) is 12.1 Å². The van der Waals surface area contributed by atoms with Gasteiger partial charge in [0.15, 0.2) is 0 Å². The number of hydrogen-bond acceptors (Lipinski definition) is 6. The first kappa shape index (κ1) is 17.7. The van der Waals surface area contributed by atoms with E-state index in [9.17, 15) is 4.79 Å². The molecule has 0 spiro atoms. The van der Waals surface area contributed by atoms with Crippen molar-refractivity contribution in [3.63, 3.8) is 0 Å². The Morgan fingerprint density at radius 3 is 3.08 bits per heavy atom. The Morgan fingerprint density at radius 1 is 1.40 bits per heavy atom. The molecule has 3 rings (SSSR count). The van der Waals surface area contributed by atoms with Crippen LogP contribution in [0.3, 0.4) is 0 Å². The molecular formula is C18H22N4O2S. The van der Waals surface area contributed by atoms with Crippen molar-refractivity contribution in [1.29, 1.82) is 0 Å². The molecule has 0 saturated heterocycles. The topological polar surface area (TPSA) is 80.9 Å². The number of amides is 1. The average molecular weight is 358 g/mol. The van der Waals surface area contributed by atoms with Crippen LogP contribution >= 0.6 is 11.8 Å². The second-order valence-corrected chi connectivity index (χ2v) is 6.95. The van der Waals surface area contributed by atoms with Crippen LogP contribution in [0.4, 0.5) is 0 Å². The van der Waals surface area contributed by atoms with Crippen LogP contribution in [-0.2, 0) is 4.79 Å². The zero-order valence-electron chi connectivity index (χ0n) is 14.3. The van der Waals surface area contributed by atoms with Crippen LogP contribution in [0.5, 0.6) is 0 Å². The van der Waals surface area contributed by atoms with Gasteiger partial charge in [-0.3, -0.25) is 4.79 Å². The first-order valence-electron chi connectivity index (χ1n) is 8.55. The maximum absolute atomic E-state index is 12.1. The fourth-order valence-corrected chi connectivity index (χ4v) is 3.58. The molecule has 132 valence electrons. The number of rotatable bonds is 7. The molecule has 6 nitrogen and oxygen atoms in total. The lowest BCUT2D eigenvalue weighted by Crippen LogP contribution is -2.26. The summed E-state index contributed by atoms with van der Waals surface area (Å²) >= 11 is 1.39. The van der Waals surface area contributed by atoms with Gasteiger partial charge in [0, 0.05) is 19.7 Å². The van der Waals surface area contributed by atoms with Crippen LogP contribution in [0.25, 0.3) is 11.4 Å². The number of hydrogen-bond donors (Lipinski definition) is 1. The summed E-state index contributed by atoms with van der Waals surface area (Å²) in [7, 11) is 0. The maximum Gasteiger partial charge on any atom is 0.230 e. The number of thioether (sulfide) groups is 1. The zero-order chi connectivity index (χ0) is 17.5. The smallest absolute Gasteiger partial charge is 0.230 e. The SMILES string of the molecule is Cc1nc(-c2cccnc2SCC(=O)NCCC2=CCCCC2)no1. The van der Waals surface area contributed by atoms with E-state index in [1.165, 1.54) is 43.0 Å². The summed E-state index contributed by atoms with van der Waals surface area (Å²) < 4.78 is 5.03. The normalized spacial score (nSPS) is 14.2. The molecule has 0 aliphatic heterocycles. The molecule has 25 heavy (non-hydrogen) atoms. The van der Waals surface area contributed by atoms with Crippen molar-refractivity contribution in [2.24, 2.45) is 0 Å². The van der Waals surface area contributed by atoms with Crippen molar-refractivity contribution >= 4 is 17.7 Å². The summed E-state index contributed by atoms with van der Waals surface area (Å²) in [4.78, 5) is 20.7. The molecule has 0 radical (unpaired) electrons. The Morgan fingerprint density at radius 2 is 2.32 bits per heavy atom. The maximum atomic E-state index is 12.1. The Balaban J connectivity index is 1.50. The highest BCUT2D eigenvalue weighted by atomic mass is 32.2. The second kappa shape index (κ2) is 8.80. The highest BCUT2D eigenvalue weighted by Crippen LogP contribution is 2.27. The predicted molar refractivity (Wildman–Crippen MR) is 97.2 cm³/mol. The molecule has 0 aromatic carbocycles. The lowest BCUT2D eigenvalue weighted by atomic mass is 9.97. The van der Waals surface area contributed by atoms with Gasteiger partial charge < -0.3 is 9.84 Å². The average Bonchev–Trinajstić information content (AvgIpc) is 3.07.